The van der Waals surface area contributed by atoms with Gasteiger partial charge >= 0.3 is 0 Å². The monoisotopic (exact) mass is 435 g/mol. The third kappa shape index (κ3) is 4.55. The van der Waals surface area contributed by atoms with E-state index < -0.39 is 0 Å². The van der Waals surface area contributed by atoms with E-state index in [4.69, 9.17) is 16.6 Å². The van der Waals surface area contributed by atoms with Gasteiger partial charge in [-0.3, -0.25) is 4.79 Å². The number of hydrogen-bond acceptors (Lipinski definition) is 5. The highest BCUT2D eigenvalue weighted by atomic mass is 35.5. The molecule has 4 aromatic rings. The molecule has 150 valence electrons. The minimum absolute atomic E-state index is 0.130. The van der Waals surface area contributed by atoms with Crippen LogP contribution in [-0.4, -0.2) is 41.4 Å². The van der Waals surface area contributed by atoms with Crippen LogP contribution in [0.5, 0.6) is 0 Å². The van der Waals surface area contributed by atoms with Crippen LogP contribution >= 0.6 is 22.9 Å². The second-order valence-electron chi connectivity index (χ2n) is 6.68. The van der Waals surface area contributed by atoms with Crippen molar-refractivity contribution in [1.82, 2.24) is 19.9 Å². The maximum Gasteiger partial charge on any atom is 0.244 e. The summed E-state index contributed by atoms with van der Waals surface area (Å²) in [5, 5.41) is 15.2. The van der Waals surface area contributed by atoms with Crippen LogP contribution in [0.25, 0.3) is 23.0 Å². The lowest BCUT2D eigenvalue weighted by atomic mass is 10.0. The van der Waals surface area contributed by atoms with Gasteiger partial charge < -0.3 is 10.6 Å². The Bertz CT molecular complexity index is 1210. The van der Waals surface area contributed by atoms with Crippen LogP contribution in [0.4, 0.5) is 5.82 Å². The molecule has 3 heterocycles. The van der Waals surface area contributed by atoms with Crippen molar-refractivity contribution in [3.63, 3.8) is 0 Å². The number of anilines is 1. The second-order valence-corrected chi connectivity index (χ2v) is 7.86. The van der Waals surface area contributed by atoms with Gasteiger partial charge in [0, 0.05) is 42.0 Å². The Balaban J connectivity index is 1.46. The molecule has 0 bridgehead atoms. The number of nitrogens with one attached hydrogen (secondary N) is 2. The molecule has 0 unspecified atom stereocenters. The predicted octanol–water partition coefficient (Wildman–Crippen LogP) is 2.61. The van der Waals surface area contributed by atoms with E-state index in [9.17, 15) is 4.79 Å². The summed E-state index contributed by atoms with van der Waals surface area (Å²) in [6.45, 7) is 1.01. The zero-order chi connectivity index (χ0) is 20.9. The third-order valence-corrected chi connectivity index (χ3v) is 5.53. The molecule has 4 rings (SSSR count). The molecule has 2 N–H and O–H groups in total. The fraction of sp³-hybridized carbons (Fsp3) is 0.0952. The lowest BCUT2D eigenvalue weighted by Gasteiger charge is -2.12. The van der Waals surface area contributed by atoms with E-state index in [1.807, 2.05) is 55.0 Å². The fourth-order valence-corrected chi connectivity index (χ4v) is 3.84. The van der Waals surface area contributed by atoms with Crippen molar-refractivity contribution in [1.29, 1.82) is 0 Å². The number of fused-ring (bicyclic) bond motifs is 1. The molecule has 0 saturated heterocycles. The van der Waals surface area contributed by atoms with Crippen molar-refractivity contribution in [2.75, 3.05) is 18.4 Å². The fourth-order valence-electron chi connectivity index (χ4n) is 2.98. The van der Waals surface area contributed by atoms with Crippen LogP contribution in [0, 0.1) is 0 Å². The van der Waals surface area contributed by atoms with E-state index in [0.717, 1.165) is 33.7 Å². The molecule has 3 aromatic heterocycles. The number of carbonyl (C=O) groups excluding carboxylic acids is 1. The molecule has 1 aromatic carbocycles. The van der Waals surface area contributed by atoms with Crippen molar-refractivity contribution in [3.05, 3.63) is 70.0 Å². The number of aromatic nitrogens is 3. The predicted molar refractivity (Wildman–Crippen MR) is 126 cm³/mol. The van der Waals surface area contributed by atoms with Crippen LogP contribution in [0.1, 0.15) is 5.56 Å². The zero-order valence-electron chi connectivity index (χ0n) is 16.3. The van der Waals surface area contributed by atoms with Gasteiger partial charge in [0.1, 0.15) is 13.7 Å². The van der Waals surface area contributed by atoms with Crippen LogP contribution in [-0.2, 0) is 4.79 Å². The van der Waals surface area contributed by atoms with Crippen LogP contribution < -0.4 is 16.1 Å². The maximum absolute atomic E-state index is 12.0. The van der Waals surface area contributed by atoms with Gasteiger partial charge in [0.2, 0.25) is 5.91 Å². The number of rotatable bonds is 7. The molecule has 0 aliphatic carbocycles. The lowest BCUT2D eigenvalue weighted by molar-refractivity contribution is -0.116. The second kappa shape index (κ2) is 9.15. The number of halogens is 1. The summed E-state index contributed by atoms with van der Waals surface area (Å²) < 4.78 is 1.76. The molecule has 0 spiro atoms. The molecule has 0 fully saturated rings. The quantitative estimate of drug-likeness (QED) is 0.266. The van der Waals surface area contributed by atoms with Gasteiger partial charge in [-0.05, 0) is 40.0 Å². The Hall–Kier alpha value is -3.10. The maximum atomic E-state index is 12.0. The summed E-state index contributed by atoms with van der Waals surface area (Å²) in [4.78, 5) is 16.7. The normalized spacial score (nSPS) is 11.2. The summed E-state index contributed by atoms with van der Waals surface area (Å²) >= 11 is 7.97. The topological polar surface area (TPSA) is 71.3 Å². The summed E-state index contributed by atoms with van der Waals surface area (Å²) in [6.07, 6.45) is 5.12. The SMILES string of the molecule is Bc1cnn2c(NCCNC(=O)/C=C/c3ccsc3)cc(-c3ccccc3Cl)nc12. The molecule has 30 heavy (non-hydrogen) atoms. The van der Waals surface area contributed by atoms with E-state index in [2.05, 4.69) is 15.7 Å². The van der Waals surface area contributed by atoms with Crippen molar-refractivity contribution in [3.8, 4) is 11.3 Å². The number of thiophene rings is 1. The Morgan fingerprint density at radius 1 is 1.27 bits per heavy atom. The first-order valence-corrected chi connectivity index (χ1v) is 10.8. The number of amides is 1. The zero-order valence-corrected chi connectivity index (χ0v) is 17.9. The van der Waals surface area contributed by atoms with E-state index in [1.54, 1.807) is 34.2 Å². The highest BCUT2D eigenvalue weighted by Crippen LogP contribution is 2.28. The molecular weight excluding hydrogens is 417 g/mol. The first kappa shape index (κ1) is 20.2. The minimum Gasteiger partial charge on any atom is -0.368 e. The molecule has 0 aliphatic rings. The van der Waals surface area contributed by atoms with E-state index in [-0.39, 0.29) is 5.91 Å². The summed E-state index contributed by atoms with van der Waals surface area (Å²) in [6, 6.07) is 11.5. The molecule has 9 heteroatoms. The molecule has 0 radical (unpaired) electrons. The van der Waals surface area contributed by atoms with Crippen molar-refractivity contribution >= 4 is 59.7 Å². The average molecular weight is 436 g/mol. The Morgan fingerprint density at radius 3 is 2.93 bits per heavy atom. The van der Waals surface area contributed by atoms with Gasteiger partial charge in [-0.2, -0.15) is 21.0 Å². The van der Waals surface area contributed by atoms with Crippen molar-refractivity contribution < 1.29 is 4.79 Å². The minimum atomic E-state index is -0.130. The Kier molecular flexibility index (Phi) is 6.16. The molecule has 1 amide bonds. The van der Waals surface area contributed by atoms with Gasteiger partial charge in [-0.15, -0.1) is 0 Å². The van der Waals surface area contributed by atoms with E-state index in [1.165, 1.54) is 0 Å². The van der Waals surface area contributed by atoms with Gasteiger partial charge in [0.05, 0.1) is 5.69 Å². The molecular formula is C21H19BClN5OS. The largest absolute Gasteiger partial charge is 0.368 e. The molecule has 0 aliphatic heterocycles. The van der Waals surface area contributed by atoms with Crippen molar-refractivity contribution in [2.24, 2.45) is 0 Å². The van der Waals surface area contributed by atoms with Crippen LogP contribution in [0.3, 0.4) is 0 Å². The Labute approximate surface area is 184 Å². The highest BCUT2D eigenvalue weighted by molar-refractivity contribution is 7.08. The summed E-state index contributed by atoms with van der Waals surface area (Å²) in [5.74, 6) is 0.653. The number of carbonyl (C=O) groups is 1. The first-order chi connectivity index (χ1) is 14.6. The van der Waals surface area contributed by atoms with Crippen LogP contribution in [0.15, 0.2) is 59.4 Å². The summed E-state index contributed by atoms with van der Waals surface area (Å²) in [5.41, 5.74) is 4.38. The van der Waals surface area contributed by atoms with Crippen LogP contribution in [0.2, 0.25) is 5.02 Å². The van der Waals surface area contributed by atoms with E-state index >= 15 is 0 Å². The molecule has 0 atom stereocenters. The lowest BCUT2D eigenvalue weighted by Crippen LogP contribution is -2.27. The smallest absolute Gasteiger partial charge is 0.244 e. The highest BCUT2D eigenvalue weighted by Gasteiger charge is 2.12. The van der Waals surface area contributed by atoms with E-state index in [0.29, 0.717) is 18.1 Å². The van der Waals surface area contributed by atoms with Gasteiger partial charge in [-0.1, -0.05) is 29.8 Å². The van der Waals surface area contributed by atoms with Gasteiger partial charge in [0.25, 0.3) is 0 Å². The van der Waals surface area contributed by atoms with Gasteiger partial charge in [0.15, 0.2) is 5.65 Å². The third-order valence-electron chi connectivity index (χ3n) is 4.50. The Morgan fingerprint density at radius 2 is 2.13 bits per heavy atom. The molecule has 0 saturated carbocycles. The number of nitrogens with zero attached hydrogens (tertiary/aromatic N) is 3. The number of benzene rings is 1. The first-order valence-electron chi connectivity index (χ1n) is 9.44. The van der Waals surface area contributed by atoms with Crippen molar-refractivity contribution in [2.45, 2.75) is 0 Å². The number of hydrogen-bond donors (Lipinski definition) is 2. The standard InChI is InChI=1S/C21H19BClN5OS/c22-16-12-26-28-19(11-18(27-21(16)28)15-3-1-2-4-17(15)23)24-8-9-25-20(29)6-5-14-7-10-30-13-14/h1-7,10-13,24H,8-9,22H2,(H,25,29)/b6-5+. The molecule has 6 nitrogen and oxygen atoms in total. The van der Waals surface area contributed by atoms with Gasteiger partial charge in [-0.25, -0.2) is 4.98 Å². The summed E-state index contributed by atoms with van der Waals surface area (Å²) in [7, 11) is 1.97. The average Bonchev–Trinajstić information content (AvgIpc) is 3.40.